The molecule has 108 valence electrons. The summed E-state index contributed by atoms with van der Waals surface area (Å²) in [6.45, 7) is 3.66. The van der Waals surface area contributed by atoms with Crippen molar-refractivity contribution in [3.63, 3.8) is 0 Å². The van der Waals surface area contributed by atoms with E-state index in [0.717, 1.165) is 35.0 Å². The van der Waals surface area contributed by atoms with E-state index in [-0.39, 0.29) is 23.9 Å². The normalized spacial score (nSPS) is 22.1. The molecule has 2 heterocycles. The second-order valence-corrected chi connectivity index (χ2v) is 6.63. The average molecular weight is 323 g/mol. The van der Waals surface area contributed by atoms with Crippen LogP contribution in [-0.2, 0) is 11.3 Å². The summed E-state index contributed by atoms with van der Waals surface area (Å²) in [4.78, 5) is 15.5. The van der Waals surface area contributed by atoms with Crippen molar-refractivity contribution in [3.05, 3.63) is 21.3 Å². The number of rotatable bonds is 4. The maximum Gasteiger partial charge on any atom is 0.242 e. The van der Waals surface area contributed by atoms with E-state index in [0.29, 0.717) is 6.54 Å². The molecule has 0 saturated carbocycles. The number of thiophene rings is 1. The smallest absolute Gasteiger partial charge is 0.242 e. The molecule has 0 radical (unpaired) electrons. The van der Waals surface area contributed by atoms with Gasteiger partial charge in [0.05, 0.1) is 16.4 Å². The van der Waals surface area contributed by atoms with Gasteiger partial charge in [0.25, 0.3) is 0 Å². The van der Waals surface area contributed by atoms with Crippen LogP contribution in [0.3, 0.4) is 0 Å². The molecular formula is C13H20Cl2N2OS. The molecular weight excluding hydrogens is 303 g/mol. The Labute approximate surface area is 129 Å². The van der Waals surface area contributed by atoms with Crippen LogP contribution in [0.1, 0.15) is 31.1 Å². The molecule has 1 saturated heterocycles. The molecule has 19 heavy (non-hydrogen) atoms. The maximum atomic E-state index is 12.5. The van der Waals surface area contributed by atoms with Crippen LogP contribution < -0.4 is 5.32 Å². The van der Waals surface area contributed by atoms with Crippen molar-refractivity contribution in [2.45, 2.75) is 38.3 Å². The minimum absolute atomic E-state index is 0. The molecule has 1 amide bonds. The van der Waals surface area contributed by atoms with Crippen molar-refractivity contribution in [3.8, 4) is 0 Å². The number of carbonyl (C=O) groups is 1. The molecule has 1 aromatic heterocycles. The average Bonchev–Trinajstić information content (AvgIpc) is 2.98. The van der Waals surface area contributed by atoms with Crippen LogP contribution >= 0.6 is 35.3 Å². The summed E-state index contributed by atoms with van der Waals surface area (Å²) in [5, 5.41) is 3.38. The monoisotopic (exact) mass is 322 g/mol. The van der Waals surface area contributed by atoms with E-state index in [1.807, 2.05) is 24.1 Å². The van der Waals surface area contributed by atoms with Crippen LogP contribution in [0.2, 0.25) is 4.34 Å². The third-order valence-corrected chi connectivity index (χ3v) is 4.84. The van der Waals surface area contributed by atoms with E-state index >= 15 is 0 Å². The lowest BCUT2D eigenvalue weighted by atomic mass is 9.92. The Morgan fingerprint density at radius 2 is 2.32 bits per heavy atom. The first kappa shape index (κ1) is 16.8. The number of hydrogen-bond donors (Lipinski definition) is 1. The summed E-state index contributed by atoms with van der Waals surface area (Å²) in [7, 11) is 1.87. The zero-order valence-electron chi connectivity index (χ0n) is 11.2. The van der Waals surface area contributed by atoms with Crippen LogP contribution in [0, 0.1) is 0 Å². The summed E-state index contributed by atoms with van der Waals surface area (Å²) < 4.78 is 0.773. The number of amides is 1. The van der Waals surface area contributed by atoms with Crippen LogP contribution in [0.5, 0.6) is 0 Å². The van der Waals surface area contributed by atoms with Crippen molar-refractivity contribution in [1.29, 1.82) is 0 Å². The van der Waals surface area contributed by atoms with Crippen molar-refractivity contribution in [2.24, 2.45) is 0 Å². The van der Waals surface area contributed by atoms with Crippen LogP contribution in [-0.4, -0.2) is 29.9 Å². The highest BCUT2D eigenvalue weighted by molar-refractivity contribution is 7.16. The molecule has 1 unspecified atom stereocenters. The predicted octanol–water partition coefficient (Wildman–Crippen LogP) is 3.31. The lowest BCUT2D eigenvalue weighted by molar-refractivity contribution is -0.137. The van der Waals surface area contributed by atoms with Gasteiger partial charge in [-0.2, -0.15) is 0 Å². The number of halogens is 2. The molecule has 6 heteroatoms. The first-order valence-electron chi connectivity index (χ1n) is 6.32. The van der Waals surface area contributed by atoms with Gasteiger partial charge in [-0.3, -0.25) is 4.79 Å². The number of nitrogens with zero attached hydrogens (tertiary/aromatic N) is 1. The zero-order valence-corrected chi connectivity index (χ0v) is 13.6. The maximum absolute atomic E-state index is 12.5. The van der Waals surface area contributed by atoms with Gasteiger partial charge in [0.1, 0.15) is 0 Å². The minimum Gasteiger partial charge on any atom is -0.339 e. The lowest BCUT2D eigenvalue weighted by Gasteiger charge is -2.31. The molecule has 0 aliphatic carbocycles. The second-order valence-electron chi connectivity index (χ2n) is 4.83. The Balaban J connectivity index is 0.00000180. The summed E-state index contributed by atoms with van der Waals surface area (Å²) >= 11 is 7.44. The molecule has 1 fully saturated rings. The summed E-state index contributed by atoms with van der Waals surface area (Å²) in [5.74, 6) is 0.201. The van der Waals surface area contributed by atoms with Gasteiger partial charge in [-0.05, 0) is 37.9 Å². The number of hydrogen-bond acceptors (Lipinski definition) is 3. The summed E-state index contributed by atoms with van der Waals surface area (Å²) in [6, 6.07) is 3.86. The highest BCUT2D eigenvalue weighted by Gasteiger charge is 2.40. The van der Waals surface area contributed by atoms with Crippen molar-refractivity contribution < 1.29 is 4.79 Å². The van der Waals surface area contributed by atoms with Gasteiger partial charge in [0.15, 0.2) is 0 Å². The molecule has 1 atom stereocenters. The largest absolute Gasteiger partial charge is 0.339 e. The van der Waals surface area contributed by atoms with Gasteiger partial charge in [0, 0.05) is 11.9 Å². The first-order chi connectivity index (χ1) is 8.57. The van der Waals surface area contributed by atoms with Gasteiger partial charge >= 0.3 is 0 Å². The third-order valence-electron chi connectivity index (χ3n) is 3.63. The van der Waals surface area contributed by atoms with Gasteiger partial charge in [0.2, 0.25) is 5.91 Å². The molecule has 2 rings (SSSR count). The third kappa shape index (κ3) is 3.63. The fourth-order valence-electron chi connectivity index (χ4n) is 2.55. The molecule has 1 aliphatic heterocycles. The molecule has 0 spiro atoms. The van der Waals surface area contributed by atoms with Gasteiger partial charge in [-0.1, -0.05) is 18.5 Å². The van der Waals surface area contributed by atoms with E-state index in [1.165, 1.54) is 11.3 Å². The van der Waals surface area contributed by atoms with E-state index in [9.17, 15) is 4.79 Å². The highest BCUT2D eigenvalue weighted by Crippen LogP contribution is 2.27. The molecule has 0 bridgehead atoms. The van der Waals surface area contributed by atoms with Gasteiger partial charge < -0.3 is 10.2 Å². The number of carbonyl (C=O) groups excluding carboxylic acids is 1. The first-order valence-corrected chi connectivity index (χ1v) is 7.51. The molecule has 1 N–H and O–H groups in total. The molecule has 3 nitrogen and oxygen atoms in total. The zero-order chi connectivity index (χ0) is 13.2. The molecule has 0 aromatic carbocycles. The Kier molecular flexibility index (Phi) is 6.12. The fourth-order valence-corrected chi connectivity index (χ4v) is 3.69. The quantitative estimate of drug-likeness (QED) is 0.922. The molecule has 1 aliphatic rings. The second kappa shape index (κ2) is 6.93. The van der Waals surface area contributed by atoms with E-state index in [2.05, 4.69) is 12.2 Å². The SMILES string of the molecule is CCC1(C(=O)N(C)Cc2ccc(Cl)s2)CCCN1.Cl. The van der Waals surface area contributed by atoms with E-state index in [1.54, 1.807) is 0 Å². The van der Waals surface area contributed by atoms with E-state index < -0.39 is 0 Å². The standard InChI is InChI=1S/C13H19ClN2OS.ClH/c1-3-13(7-4-8-15-13)12(17)16(2)9-10-5-6-11(14)18-10;/h5-6,15H,3-4,7-9H2,1-2H3;1H. The van der Waals surface area contributed by atoms with Crippen molar-refractivity contribution >= 4 is 41.3 Å². The fraction of sp³-hybridized carbons (Fsp3) is 0.615. The Morgan fingerprint density at radius 1 is 1.58 bits per heavy atom. The van der Waals surface area contributed by atoms with Crippen LogP contribution in [0.4, 0.5) is 0 Å². The van der Waals surface area contributed by atoms with Crippen LogP contribution in [0.15, 0.2) is 12.1 Å². The predicted molar refractivity (Wildman–Crippen MR) is 83.3 cm³/mol. The number of likely N-dealkylation sites (N-methyl/N-ethyl adjacent to an activating group) is 1. The Bertz CT molecular complexity index is 430. The summed E-state index contributed by atoms with van der Waals surface area (Å²) in [5.41, 5.74) is -0.337. The molecule has 1 aromatic rings. The van der Waals surface area contributed by atoms with Crippen LogP contribution in [0.25, 0.3) is 0 Å². The minimum atomic E-state index is -0.337. The lowest BCUT2D eigenvalue weighted by Crippen LogP contribution is -2.53. The van der Waals surface area contributed by atoms with Crippen molar-refractivity contribution in [2.75, 3.05) is 13.6 Å². The van der Waals surface area contributed by atoms with Crippen molar-refractivity contribution in [1.82, 2.24) is 10.2 Å². The highest BCUT2D eigenvalue weighted by atomic mass is 35.5. The Hall–Kier alpha value is -0.290. The Morgan fingerprint density at radius 3 is 2.79 bits per heavy atom. The van der Waals surface area contributed by atoms with Gasteiger partial charge in [-0.25, -0.2) is 0 Å². The topological polar surface area (TPSA) is 32.3 Å². The van der Waals surface area contributed by atoms with Gasteiger partial charge in [-0.15, -0.1) is 23.7 Å². The summed E-state index contributed by atoms with van der Waals surface area (Å²) in [6.07, 6.45) is 2.87. The number of nitrogens with one attached hydrogen (secondary N) is 1. The van der Waals surface area contributed by atoms with E-state index in [4.69, 9.17) is 11.6 Å².